The lowest BCUT2D eigenvalue weighted by Crippen LogP contribution is -2.38. The van der Waals surface area contributed by atoms with E-state index in [1.165, 1.54) is 11.2 Å². The first kappa shape index (κ1) is 22.2. The molecule has 1 N–H and O–H groups in total. The van der Waals surface area contributed by atoms with E-state index in [1.807, 2.05) is 38.1 Å². The summed E-state index contributed by atoms with van der Waals surface area (Å²) in [5.41, 5.74) is 3.12. The van der Waals surface area contributed by atoms with E-state index in [0.29, 0.717) is 43.3 Å². The summed E-state index contributed by atoms with van der Waals surface area (Å²) in [7, 11) is -3.75. The smallest absolute Gasteiger partial charge is 0.257 e. The quantitative estimate of drug-likeness (QED) is 0.627. The van der Waals surface area contributed by atoms with Crippen LogP contribution in [0.25, 0.3) is 11.5 Å². The van der Waals surface area contributed by atoms with E-state index in [-0.39, 0.29) is 16.7 Å². The third-order valence-corrected chi connectivity index (χ3v) is 7.56. The number of nitrogens with one attached hydrogen (secondary N) is 1. The highest BCUT2D eigenvalue weighted by Crippen LogP contribution is 2.33. The summed E-state index contributed by atoms with van der Waals surface area (Å²) in [4.78, 5) is 16.2. The molecule has 4 rings (SSSR count). The van der Waals surface area contributed by atoms with E-state index in [4.69, 9.17) is 4.52 Å². The Morgan fingerprint density at radius 2 is 1.72 bits per heavy atom. The van der Waals surface area contributed by atoms with Crippen molar-refractivity contribution in [2.24, 2.45) is 0 Å². The molecule has 1 fully saturated rings. The fourth-order valence-electron chi connectivity index (χ4n) is 3.84. The Morgan fingerprint density at radius 1 is 1.06 bits per heavy atom. The molecular formula is C23H26N4O4S. The van der Waals surface area contributed by atoms with Gasteiger partial charge in [0, 0.05) is 31.5 Å². The average Bonchev–Trinajstić information content (AvgIpc) is 3.25. The van der Waals surface area contributed by atoms with Gasteiger partial charge in [-0.25, -0.2) is 8.42 Å². The summed E-state index contributed by atoms with van der Waals surface area (Å²) in [6.45, 7) is 5.88. The van der Waals surface area contributed by atoms with Gasteiger partial charge in [0.25, 0.3) is 5.89 Å². The molecule has 0 aliphatic carbocycles. The van der Waals surface area contributed by atoms with Gasteiger partial charge >= 0.3 is 0 Å². The number of hydrogen-bond donors (Lipinski definition) is 1. The average molecular weight is 455 g/mol. The van der Waals surface area contributed by atoms with E-state index >= 15 is 0 Å². The first-order valence-electron chi connectivity index (χ1n) is 10.5. The second kappa shape index (κ2) is 8.84. The topological polar surface area (TPSA) is 105 Å². The SMILES string of the molecule is CC(=O)Nc1ccc(C)cc1S(=O)(=O)N1CCC(c2noc(-c3ccc(C)cc3)n2)CC1. The highest BCUT2D eigenvalue weighted by atomic mass is 32.2. The Kier molecular flexibility index (Phi) is 6.12. The molecule has 0 radical (unpaired) electrons. The molecular weight excluding hydrogens is 428 g/mol. The van der Waals surface area contributed by atoms with Crippen LogP contribution in [0.2, 0.25) is 0 Å². The summed E-state index contributed by atoms with van der Waals surface area (Å²) in [5, 5.41) is 6.77. The molecule has 32 heavy (non-hydrogen) atoms. The van der Waals surface area contributed by atoms with Crippen LogP contribution in [0.15, 0.2) is 51.9 Å². The number of benzene rings is 2. The summed E-state index contributed by atoms with van der Waals surface area (Å²) in [5.74, 6) is 0.782. The molecule has 2 heterocycles. The molecule has 0 atom stereocenters. The van der Waals surface area contributed by atoms with E-state index in [9.17, 15) is 13.2 Å². The largest absolute Gasteiger partial charge is 0.334 e. The maximum Gasteiger partial charge on any atom is 0.257 e. The van der Waals surface area contributed by atoms with Crippen LogP contribution in [-0.4, -0.2) is 41.9 Å². The molecule has 0 bridgehead atoms. The van der Waals surface area contributed by atoms with Crippen LogP contribution in [0, 0.1) is 13.8 Å². The fourth-order valence-corrected chi connectivity index (χ4v) is 5.54. The van der Waals surface area contributed by atoms with Crippen LogP contribution >= 0.6 is 0 Å². The van der Waals surface area contributed by atoms with Crippen LogP contribution in [0.3, 0.4) is 0 Å². The van der Waals surface area contributed by atoms with E-state index in [2.05, 4.69) is 15.5 Å². The molecule has 0 unspecified atom stereocenters. The number of aromatic nitrogens is 2. The number of rotatable bonds is 5. The number of carbonyl (C=O) groups is 1. The summed E-state index contributed by atoms with van der Waals surface area (Å²) >= 11 is 0. The van der Waals surface area contributed by atoms with Gasteiger partial charge in [-0.05, 0) is 56.5 Å². The maximum atomic E-state index is 13.3. The number of nitrogens with zero attached hydrogens (tertiary/aromatic N) is 3. The lowest BCUT2D eigenvalue weighted by Gasteiger charge is -2.30. The maximum absolute atomic E-state index is 13.3. The minimum atomic E-state index is -3.75. The lowest BCUT2D eigenvalue weighted by molar-refractivity contribution is -0.114. The molecule has 1 aliphatic heterocycles. The molecule has 9 heteroatoms. The Labute approximate surface area is 187 Å². The number of amides is 1. The minimum absolute atomic E-state index is 0.0247. The van der Waals surface area contributed by atoms with Crippen molar-refractivity contribution in [3.8, 4) is 11.5 Å². The standard InChI is InChI=1S/C23H26N4O4S/c1-15-4-7-19(8-5-15)23-25-22(26-31-23)18-10-12-27(13-11-18)32(29,30)21-14-16(2)6-9-20(21)24-17(3)28/h4-9,14,18H,10-13H2,1-3H3,(H,24,28). The van der Waals surface area contributed by atoms with Crippen LogP contribution in [0.4, 0.5) is 5.69 Å². The van der Waals surface area contributed by atoms with Crippen molar-refractivity contribution in [3.05, 3.63) is 59.4 Å². The zero-order valence-corrected chi connectivity index (χ0v) is 19.1. The van der Waals surface area contributed by atoms with Crippen LogP contribution in [0.5, 0.6) is 0 Å². The van der Waals surface area contributed by atoms with Crippen molar-refractivity contribution in [3.63, 3.8) is 0 Å². The zero-order valence-electron chi connectivity index (χ0n) is 18.3. The van der Waals surface area contributed by atoms with Gasteiger partial charge in [-0.1, -0.05) is 28.9 Å². The molecule has 1 aromatic heterocycles. The molecule has 1 amide bonds. The molecule has 0 saturated carbocycles. The van der Waals surface area contributed by atoms with E-state index in [1.54, 1.807) is 18.2 Å². The molecule has 3 aromatic rings. The molecule has 0 spiro atoms. The van der Waals surface area contributed by atoms with Gasteiger partial charge in [0.1, 0.15) is 4.90 Å². The predicted molar refractivity (Wildman–Crippen MR) is 121 cm³/mol. The second-order valence-electron chi connectivity index (χ2n) is 8.18. The fraction of sp³-hybridized carbons (Fsp3) is 0.348. The number of carbonyl (C=O) groups excluding carboxylic acids is 1. The second-order valence-corrected chi connectivity index (χ2v) is 10.1. The van der Waals surface area contributed by atoms with Crippen molar-refractivity contribution >= 4 is 21.6 Å². The molecule has 8 nitrogen and oxygen atoms in total. The Morgan fingerprint density at radius 3 is 2.38 bits per heavy atom. The molecule has 2 aromatic carbocycles. The lowest BCUT2D eigenvalue weighted by atomic mass is 9.97. The summed E-state index contributed by atoms with van der Waals surface area (Å²) < 4.78 is 33.6. The minimum Gasteiger partial charge on any atom is -0.334 e. The number of piperidine rings is 1. The van der Waals surface area contributed by atoms with Gasteiger partial charge in [0.05, 0.1) is 5.69 Å². The van der Waals surface area contributed by atoms with Crippen LogP contribution in [0.1, 0.15) is 42.6 Å². The zero-order chi connectivity index (χ0) is 22.9. The summed E-state index contributed by atoms with van der Waals surface area (Å²) in [6.07, 6.45) is 1.18. The van der Waals surface area contributed by atoms with Gasteiger partial charge in [-0.15, -0.1) is 0 Å². The van der Waals surface area contributed by atoms with Gasteiger partial charge in [0.2, 0.25) is 15.9 Å². The molecule has 1 aliphatic rings. The first-order valence-corrected chi connectivity index (χ1v) is 12.0. The highest BCUT2D eigenvalue weighted by Gasteiger charge is 2.33. The molecule has 1 saturated heterocycles. The van der Waals surface area contributed by atoms with Crippen LogP contribution in [-0.2, 0) is 14.8 Å². The number of hydrogen-bond acceptors (Lipinski definition) is 6. The Balaban J connectivity index is 1.49. The highest BCUT2D eigenvalue weighted by molar-refractivity contribution is 7.89. The molecule has 168 valence electrons. The number of sulfonamides is 1. The van der Waals surface area contributed by atoms with Crippen molar-refractivity contribution in [2.45, 2.75) is 44.4 Å². The summed E-state index contributed by atoms with van der Waals surface area (Å²) in [6, 6.07) is 12.9. The van der Waals surface area contributed by atoms with Gasteiger partial charge < -0.3 is 9.84 Å². The number of anilines is 1. The van der Waals surface area contributed by atoms with Crippen LogP contribution < -0.4 is 5.32 Å². The third-order valence-electron chi connectivity index (χ3n) is 5.62. The van der Waals surface area contributed by atoms with Gasteiger partial charge in [-0.3, -0.25) is 4.79 Å². The van der Waals surface area contributed by atoms with E-state index < -0.39 is 10.0 Å². The Hall–Kier alpha value is -3.04. The first-order chi connectivity index (χ1) is 15.2. The van der Waals surface area contributed by atoms with Crippen molar-refractivity contribution < 1.29 is 17.7 Å². The van der Waals surface area contributed by atoms with Gasteiger partial charge in [0.15, 0.2) is 5.82 Å². The Bertz CT molecular complexity index is 1230. The van der Waals surface area contributed by atoms with Crippen molar-refractivity contribution in [2.75, 3.05) is 18.4 Å². The van der Waals surface area contributed by atoms with Crippen molar-refractivity contribution in [1.82, 2.24) is 14.4 Å². The number of aryl methyl sites for hydroxylation is 2. The normalized spacial score (nSPS) is 15.6. The van der Waals surface area contributed by atoms with E-state index in [0.717, 1.165) is 16.7 Å². The third kappa shape index (κ3) is 4.58. The van der Waals surface area contributed by atoms with Crippen molar-refractivity contribution in [1.29, 1.82) is 0 Å². The monoisotopic (exact) mass is 454 g/mol. The predicted octanol–water partition coefficient (Wildman–Crippen LogP) is 3.88. The van der Waals surface area contributed by atoms with Gasteiger partial charge in [-0.2, -0.15) is 9.29 Å².